The molecule has 0 saturated carbocycles. The molecular formula is C11H15N3S2. The maximum Gasteiger partial charge on any atom is 0.182 e. The Bertz CT molecular complexity index is 448. The van der Waals surface area contributed by atoms with Gasteiger partial charge in [0.1, 0.15) is 0 Å². The molecule has 5 heteroatoms. The van der Waals surface area contributed by atoms with Crippen LogP contribution in [0.1, 0.15) is 23.3 Å². The molecule has 16 heavy (non-hydrogen) atoms. The molecule has 0 atom stereocenters. The number of hydrogen-bond donors (Lipinski definition) is 1. The minimum absolute atomic E-state index is 0.903. The molecule has 2 rings (SSSR count). The Hall–Kier alpha value is -0.940. The van der Waals surface area contributed by atoms with E-state index in [9.17, 15) is 0 Å². The van der Waals surface area contributed by atoms with Crippen LogP contribution in [-0.2, 0) is 12.8 Å². The van der Waals surface area contributed by atoms with Crippen molar-refractivity contribution in [2.75, 3.05) is 11.9 Å². The van der Waals surface area contributed by atoms with Crippen LogP contribution >= 0.6 is 22.7 Å². The van der Waals surface area contributed by atoms with Crippen molar-refractivity contribution in [2.45, 2.75) is 26.7 Å². The predicted octanol–water partition coefficient (Wildman–Crippen LogP) is 3.13. The van der Waals surface area contributed by atoms with E-state index in [1.165, 1.54) is 5.69 Å². The summed E-state index contributed by atoms with van der Waals surface area (Å²) in [6, 6.07) is 0. The van der Waals surface area contributed by atoms with Crippen molar-refractivity contribution < 1.29 is 0 Å². The van der Waals surface area contributed by atoms with Gasteiger partial charge >= 0.3 is 0 Å². The molecule has 0 amide bonds. The first-order chi connectivity index (χ1) is 7.78. The van der Waals surface area contributed by atoms with Crippen LogP contribution in [0.5, 0.6) is 0 Å². The highest BCUT2D eigenvalue weighted by atomic mass is 32.1. The van der Waals surface area contributed by atoms with Gasteiger partial charge in [-0.15, -0.1) is 22.7 Å². The minimum atomic E-state index is 0.903. The van der Waals surface area contributed by atoms with E-state index in [2.05, 4.69) is 33.0 Å². The summed E-state index contributed by atoms with van der Waals surface area (Å²) in [4.78, 5) is 8.88. The largest absolute Gasteiger partial charge is 0.361 e. The summed E-state index contributed by atoms with van der Waals surface area (Å²) in [6.07, 6.45) is 1.97. The van der Waals surface area contributed by atoms with Crippen LogP contribution in [0, 0.1) is 6.92 Å². The van der Waals surface area contributed by atoms with E-state index in [0.717, 1.165) is 35.2 Å². The SMILES string of the molecule is CCc1csc(NCCc2csc(C)n2)n1. The van der Waals surface area contributed by atoms with Crippen LogP contribution in [-0.4, -0.2) is 16.5 Å². The van der Waals surface area contributed by atoms with Crippen molar-refractivity contribution in [3.05, 3.63) is 27.2 Å². The molecule has 0 aromatic carbocycles. The predicted molar refractivity (Wildman–Crippen MR) is 70.5 cm³/mol. The maximum atomic E-state index is 4.45. The number of hydrogen-bond acceptors (Lipinski definition) is 5. The highest BCUT2D eigenvalue weighted by Crippen LogP contribution is 2.15. The van der Waals surface area contributed by atoms with Crippen molar-refractivity contribution in [3.63, 3.8) is 0 Å². The zero-order chi connectivity index (χ0) is 11.4. The Morgan fingerprint density at radius 2 is 2.00 bits per heavy atom. The maximum absolute atomic E-state index is 4.45. The molecule has 0 aliphatic carbocycles. The van der Waals surface area contributed by atoms with Crippen LogP contribution in [0.2, 0.25) is 0 Å². The van der Waals surface area contributed by atoms with Crippen LogP contribution in [0.25, 0.3) is 0 Å². The van der Waals surface area contributed by atoms with Crippen LogP contribution in [0.15, 0.2) is 10.8 Å². The van der Waals surface area contributed by atoms with Gasteiger partial charge in [-0.1, -0.05) is 6.92 Å². The Morgan fingerprint density at radius 1 is 1.19 bits per heavy atom. The third-order valence-corrected chi connectivity index (χ3v) is 3.91. The van der Waals surface area contributed by atoms with Crippen molar-refractivity contribution in [2.24, 2.45) is 0 Å². The normalized spacial score (nSPS) is 10.6. The molecule has 0 fully saturated rings. The number of nitrogens with one attached hydrogen (secondary N) is 1. The first-order valence-electron chi connectivity index (χ1n) is 5.37. The lowest BCUT2D eigenvalue weighted by Crippen LogP contribution is -2.04. The molecule has 1 N–H and O–H groups in total. The third kappa shape index (κ3) is 3.02. The average molecular weight is 253 g/mol. The molecule has 0 saturated heterocycles. The zero-order valence-corrected chi connectivity index (χ0v) is 11.1. The highest BCUT2D eigenvalue weighted by molar-refractivity contribution is 7.13. The van der Waals surface area contributed by atoms with Gasteiger partial charge in [-0.05, 0) is 13.3 Å². The number of aromatic nitrogens is 2. The molecule has 2 aromatic rings. The Labute approximate surface area is 104 Å². The van der Waals surface area contributed by atoms with Gasteiger partial charge in [-0.25, -0.2) is 9.97 Å². The van der Waals surface area contributed by atoms with E-state index in [4.69, 9.17) is 0 Å². The standard InChI is InChI=1S/C11H15N3S2/c1-3-9-6-16-11(14-9)12-5-4-10-7-15-8(2)13-10/h6-7H,3-5H2,1-2H3,(H,12,14). The molecule has 0 bridgehead atoms. The van der Waals surface area contributed by atoms with Gasteiger partial charge in [0.2, 0.25) is 0 Å². The lowest BCUT2D eigenvalue weighted by Gasteiger charge is -1.99. The third-order valence-electron chi connectivity index (χ3n) is 2.24. The molecule has 86 valence electrons. The van der Waals surface area contributed by atoms with E-state index >= 15 is 0 Å². The molecule has 0 radical (unpaired) electrons. The lowest BCUT2D eigenvalue weighted by atomic mass is 10.3. The monoisotopic (exact) mass is 253 g/mol. The van der Waals surface area contributed by atoms with Gasteiger partial charge in [0, 0.05) is 23.7 Å². The van der Waals surface area contributed by atoms with Crippen molar-refractivity contribution in [1.82, 2.24) is 9.97 Å². The van der Waals surface area contributed by atoms with Gasteiger partial charge in [-0.3, -0.25) is 0 Å². The Balaban J connectivity index is 1.79. The molecule has 3 nitrogen and oxygen atoms in total. The van der Waals surface area contributed by atoms with Crippen molar-refractivity contribution in [1.29, 1.82) is 0 Å². The molecular weight excluding hydrogens is 238 g/mol. The first-order valence-corrected chi connectivity index (χ1v) is 7.13. The van der Waals surface area contributed by atoms with Crippen LogP contribution in [0.4, 0.5) is 5.13 Å². The second-order valence-corrected chi connectivity index (χ2v) is 5.45. The average Bonchev–Trinajstić information content (AvgIpc) is 2.88. The number of aryl methyl sites for hydroxylation is 2. The van der Waals surface area contributed by atoms with Gasteiger partial charge < -0.3 is 5.32 Å². The van der Waals surface area contributed by atoms with Gasteiger partial charge in [0.25, 0.3) is 0 Å². The summed E-state index contributed by atoms with van der Waals surface area (Å²) < 4.78 is 0. The van der Waals surface area contributed by atoms with Gasteiger partial charge in [-0.2, -0.15) is 0 Å². The van der Waals surface area contributed by atoms with E-state index in [1.807, 2.05) is 6.92 Å². The van der Waals surface area contributed by atoms with Crippen LogP contribution in [0.3, 0.4) is 0 Å². The fourth-order valence-corrected chi connectivity index (χ4v) is 2.84. The van der Waals surface area contributed by atoms with Crippen LogP contribution < -0.4 is 5.32 Å². The van der Waals surface area contributed by atoms with E-state index in [0.29, 0.717) is 0 Å². The summed E-state index contributed by atoms with van der Waals surface area (Å²) in [7, 11) is 0. The summed E-state index contributed by atoms with van der Waals surface area (Å²) >= 11 is 3.38. The summed E-state index contributed by atoms with van der Waals surface area (Å²) in [5, 5.41) is 9.71. The molecule has 2 aromatic heterocycles. The quantitative estimate of drug-likeness (QED) is 0.889. The zero-order valence-electron chi connectivity index (χ0n) is 9.49. The second kappa shape index (κ2) is 5.41. The fourth-order valence-electron chi connectivity index (χ4n) is 1.37. The molecule has 0 aliphatic heterocycles. The molecule has 0 spiro atoms. The topological polar surface area (TPSA) is 37.8 Å². The number of nitrogens with zero attached hydrogens (tertiary/aromatic N) is 2. The Kier molecular flexibility index (Phi) is 3.90. The Morgan fingerprint density at radius 3 is 2.62 bits per heavy atom. The first kappa shape index (κ1) is 11.5. The van der Waals surface area contributed by atoms with E-state index < -0.39 is 0 Å². The number of rotatable bonds is 5. The number of anilines is 1. The minimum Gasteiger partial charge on any atom is -0.361 e. The summed E-state index contributed by atoms with van der Waals surface area (Å²) in [5.41, 5.74) is 2.33. The smallest absolute Gasteiger partial charge is 0.182 e. The summed E-state index contributed by atoms with van der Waals surface area (Å²) in [6.45, 7) is 5.06. The van der Waals surface area contributed by atoms with E-state index in [1.54, 1.807) is 22.7 Å². The fraction of sp³-hybridized carbons (Fsp3) is 0.455. The van der Waals surface area contributed by atoms with Gasteiger partial charge in [0.05, 0.1) is 16.4 Å². The van der Waals surface area contributed by atoms with Gasteiger partial charge in [0.15, 0.2) is 5.13 Å². The second-order valence-electron chi connectivity index (χ2n) is 3.53. The summed E-state index contributed by atoms with van der Waals surface area (Å²) in [5.74, 6) is 0. The molecule has 2 heterocycles. The molecule has 0 aliphatic rings. The van der Waals surface area contributed by atoms with E-state index in [-0.39, 0.29) is 0 Å². The number of thiazole rings is 2. The van der Waals surface area contributed by atoms with Crippen molar-refractivity contribution in [3.8, 4) is 0 Å². The highest BCUT2D eigenvalue weighted by Gasteiger charge is 2.01. The lowest BCUT2D eigenvalue weighted by molar-refractivity contribution is 0.960. The molecule has 0 unspecified atom stereocenters. The van der Waals surface area contributed by atoms with Crippen molar-refractivity contribution >= 4 is 27.8 Å².